The van der Waals surface area contributed by atoms with E-state index in [4.69, 9.17) is 10.5 Å². The van der Waals surface area contributed by atoms with E-state index in [1.165, 1.54) is 32.1 Å². The molecule has 0 spiro atoms. The van der Waals surface area contributed by atoms with E-state index >= 15 is 0 Å². The average Bonchev–Trinajstić information content (AvgIpc) is 2.29. The third-order valence-electron chi connectivity index (χ3n) is 4.38. The van der Waals surface area contributed by atoms with E-state index in [2.05, 4.69) is 6.92 Å². The predicted octanol–water partition coefficient (Wildman–Crippen LogP) is 2.58. The molecule has 2 atom stereocenters. The molecule has 1 saturated heterocycles. The lowest BCUT2D eigenvalue weighted by atomic mass is 9.74. The first-order chi connectivity index (χ1) is 7.62. The van der Waals surface area contributed by atoms with E-state index in [1.54, 1.807) is 0 Å². The van der Waals surface area contributed by atoms with Crippen molar-refractivity contribution >= 4 is 5.97 Å². The summed E-state index contributed by atoms with van der Waals surface area (Å²) in [6, 6.07) is 0. The number of hydrogen-bond donors (Lipinski definition) is 1. The molecular weight excluding hydrogens is 202 g/mol. The zero-order valence-electron chi connectivity index (χ0n) is 10.2. The van der Waals surface area contributed by atoms with Crippen molar-refractivity contribution in [2.75, 3.05) is 0 Å². The number of nitrogens with two attached hydrogens (primary N) is 1. The highest BCUT2D eigenvalue weighted by Gasteiger charge is 2.42. The number of rotatable bonds is 2. The van der Waals surface area contributed by atoms with Crippen LogP contribution in [0.15, 0.2) is 0 Å². The normalized spacial score (nSPS) is 34.5. The molecular formula is C13H23NO2. The molecule has 0 aromatic carbocycles. The van der Waals surface area contributed by atoms with Crippen LogP contribution in [0.1, 0.15) is 58.3 Å². The third-order valence-corrected chi connectivity index (χ3v) is 4.38. The van der Waals surface area contributed by atoms with E-state index in [1.807, 2.05) is 0 Å². The van der Waals surface area contributed by atoms with E-state index < -0.39 is 5.72 Å². The first-order valence-corrected chi connectivity index (χ1v) is 6.62. The lowest BCUT2D eigenvalue weighted by Gasteiger charge is -2.42. The summed E-state index contributed by atoms with van der Waals surface area (Å²) in [4.78, 5) is 11.4. The number of hydrogen-bond acceptors (Lipinski definition) is 3. The SMILES string of the molecule is CC(C1CCCCC1)C1(N)CCCC(=O)O1. The number of carbonyl (C=O) groups is 1. The first-order valence-electron chi connectivity index (χ1n) is 6.62. The summed E-state index contributed by atoms with van der Waals surface area (Å²) in [5.41, 5.74) is 5.60. The van der Waals surface area contributed by atoms with Gasteiger partial charge in [-0.3, -0.25) is 10.5 Å². The summed E-state index contributed by atoms with van der Waals surface area (Å²) in [6.45, 7) is 2.16. The molecule has 0 amide bonds. The molecule has 0 aromatic rings. The Labute approximate surface area is 97.7 Å². The molecule has 2 aliphatic rings. The zero-order valence-corrected chi connectivity index (χ0v) is 10.2. The molecule has 2 N–H and O–H groups in total. The Balaban J connectivity index is 2.00. The number of ether oxygens (including phenoxy) is 1. The maximum Gasteiger partial charge on any atom is 0.307 e. The van der Waals surface area contributed by atoms with Gasteiger partial charge in [-0.2, -0.15) is 0 Å². The second kappa shape index (κ2) is 4.74. The van der Waals surface area contributed by atoms with Gasteiger partial charge in [0.1, 0.15) is 0 Å². The van der Waals surface area contributed by atoms with Gasteiger partial charge in [-0.15, -0.1) is 0 Å². The fourth-order valence-corrected chi connectivity index (χ4v) is 3.18. The standard InChI is InChI=1S/C13H23NO2/c1-10(11-6-3-2-4-7-11)13(14)9-5-8-12(15)16-13/h10-11H,2-9,14H2,1H3. The molecule has 1 aliphatic carbocycles. The van der Waals surface area contributed by atoms with Gasteiger partial charge < -0.3 is 4.74 Å². The Morgan fingerprint density at radius 2 is 2.00 bits per heavy atom. The summed E-state index contributed by atoms with van der Waals surface area (Å²) in [5.74, 6) is 0.832. The number of esters is 1. The monoisotopic (exact) mass is 225 g/mol. The van der Waals surface area contributed by atoms with E-state index in [9.17, 15) is 4.79 Å². The summed E-state index contributed by atoms with van der Waals surface area (Å²) < 4.78 is 5.43. The van der Waals surface area contributed by atoms with Crippen LogP contribution in [0.3, 0.4) is 0 Å². The van der Waals surface area contributed by atoms with Gasteiger partial charge in [0.15, 0.2) is 5.72 Å². The third kappa shape index (κ3) is 2.40. The highest BCUT2D eigenvalue weighted by molar-refractivity contribution is 5.70. The molecule has 0 aromatic heterocycles. The van der Waals surface area contributed by atoms with Crippen molar-refractivity contribution in [3.63, 3.8) is 0 Å². The van der Waals surface area contributed by atoms with Crippen LogP contribution in [0.2, 0.25) is 0 Å². The zero-order chi connectivity index (χ0) is 11.6. The average molecular weight is 225 g/mol. The topological polar surface area (TPSA) is 52.3 Å². The highest BCUT2D eigenvalue weighted by atomic mass is 16.6. The number of carbonyl (C=O) groups excluding carboxylic acids is 1. The van der Waals surface area contributed by atoms with Crippen molar-refractivity contribution in [3.8, 4) is 0 Å². The smallest absolute Gasteiger partial charge is 0.307 e. The molecule has 3 nitrogen and oxygen atoms in total. The Morgan fingerprint density at radius 3 is 2.62 bits per heavy atom. The molecule has 2 unspecified atom stereocenters. The maximum atomic E-state index is 11.4. The fourth-order valence-electron chi connectivity index (χ4n) is 3.18. The Kier molecular flexibility index (Phi) is 3.53. The first kappa shape index (κ1) is 11.9. The second-order valence-electron chi connectivity index (χ2n) is 5.47. The van der Waals surface area contributed by atoms with Crippen molar-refractivity contribution < 1.29 is 9.53 Å². The molecule has 3 heteroatoms. The minimum Gasteiger partial charge on any atom is -0.444 e. The van der Waals surface area contributed by atoms with Crippen LogP contribution < -0.4 is 5.73 Å². The van der Waals surface area contributed by atoms with Gasteiger partial charge in [0.25, 0.3) is 0 Å². The van der Waals surface area contributed by atoms with E-state index in [0.717, 1.165) is 12.8 Å². The van der Waals surface area contributed by atoms with Crippen molar-refractivity contribution in [2.45, 2.75) is 64.0 Å². The van der Waals surface area contributed by atoms with Gasteiger partial charge in [-0.05, 0) is 25.2 Å². The van der Waals surface area contributed by atoms with Crippen LogP contribution in [0.5, 0.6) is 0 Å². The van der Waals surface area contributed by atoms with Gasteiger partial charge in [0.05, 0.1) is 0 Å². The van der Waals surface area contributed by atoms with Crippen LogP contribution in [-0.4, -0.2) is 11.7 Å². The summed E-state index contributed by atoms with van der Waals surface area (Å²) >= 11 is 0. The van der Waals surface area contributed by atoms with Gasteiger partial charge in [0.2, 0.25) is 0 Å². The molecule has 1 saturated carbocycles. The molecule has 92 valence electrons. The van der Waals surface area contributed by atoms with Crippen LogP contribution in [0.25, 0.3) is 0 Å². The molecule has 0 bridgehead atoms. The molecule has 1 aliphatic heterocycles. The van der Waals surface area contributed by atoms with Gasteiger partial charge >= 0.3 is 5.97 Å². The largest absolute Gasteiger partial charge is 0.444 e. The maximum absolute atomic E-state index is 11.4. The molecule has 1 heterocycles. The predicted molar refractivity (Wildman–Crippen MR) is 62.6 cm³/mol. The second-order valence-corrected chi connectivity index (χ2v) is 5.47. The van der Waals surface area contributed by atoms with Crippen LogP contribution >= 0.6 is 0 Å². The molecule has 0 radical (unpaired) electrons. The highest BCUT2D eigenvalue weighted by Crippen LogP contribution is 2.38. The lowest BCUT2D eigenvalue weighted by Crippen LogP contribution is -2.54. The Morgan fingerprint density at radius 1 is 1.31 bits per heavy atom. The van der Waals surface area contributed by atoms with Gasteiger partial charge in [-0.1, -0.05) is 26.2 Å². The van der Waals surface area contributed by atoms with E-state index in [0.29, 0.717) is 18.3 Å². The van der Waals surface area contributed by atoms with Crippen molar-refractivity contribution in [2.24, 2.45) is 17.6 Å². The Bertz CT molecular complexity index is 261. The quantitative estimate of drug-likeness (QED) is 0.735. The van der Waals surface area contributed by atoms with E-state index in [-0.39, 0.29) is 5.97 Å². The van der Waals surface area contributed by atoms with Crippen LogP contribution in [0, 0.1) is 11.8 Å². The minimum atomic E-state index is -0.683. The molecule has 16 heavy (non-hydrogen) atoms. The van der Waals surface area contributed by atoms with Crippen molar-refractivity contribution in [1.29, 1.82) is 0 Å². The number of cyclic esters (lactones) is 1. The fraction of sp³-hybridized carbons (Fsp3) is 0.923. The minimum absolute atomic E-state index is 0.114. The molecule has 2 fully saturated rings. The summed E-state index contributed by atoms with van der Waals surface area (Å²) in [6.07, 6.45) is 8.70. The van der Waals surface area contributed by atoms with Crippen LogP contribution in [0.4, 0.5) is 0 Å². The Hall–Kier alpha value is -0.570. The molecule has 2 rings (SSSR count). The summed E-state index contributed by atoms with van der Waals surface area (Å²) in [7, 11) is 0. The van der Waals surface area contributed by atoms with Crippen molar-refractivity contribution in [1.82, 2.24) is 0 Å². The summed E-state index contributed by atoms with van der Waals surface area (Å²) in [5, 5.41) is 0. The van der Waals surface area contributed by atoms with Gasteiger partial charge in [0, 0.05) is 18.8 Å². The van der Waals surface area contributed by atoms with Crippen LogP contribution in [-0.2, 0) is 9.53 Å². The lowest BCUT2D eigenvalue weighted by molar-refractivity contribution is -0.177. The van der Waals surface area contributed by atoms with Crippen molar-refractivity contribution in [3.05, 3.63) is 0 Å². The van der Waals surface area contributed by atoms with Gasteiger partial charge in [-0.25, -0.2) is 0 Å².